The smallest absolute Gasteiger partial charge is 0.307 e. The Morgan fingerprint density at radius 1 is 1.10 bits per heavy atom. The van der Waals surface area contributed by atoms with Gasteiger partial charge in [-0.2, -0.15) is 11.8 Å². The second kappa shape index (κ2) is 5.94. The minimum atomic E-state index is -0.713. The van der Waals surface area contributed by atoms with E-state index in [2.05, 4.69) is 48.5 Å². The third kappa shape index (κ3) is 2.70. The zero-order valence-electron chi connectivity index (χ0n) is 12.0. The first-order valence-corrected chi connectivity index (χ1v) is 8.32. The second-order valence-corrected chi connectivity index (χ2v) is 6.58. The molecule has 1 aliphatic rings. The molecule has 1 aliphatic carbocycles. The van der Waals surface area contributed by atoms with Crippen LogP contribution in [0.5, 0.6) is 0 Å². The minimum Gasteiger partial charge on any atom is -0.481 e. The van der Waals surface area contributed by atoms with Gasteiger partial charge >= 0.3 is 5.97 Å². The Morgan fingerprint density at radius 3 is 2.14 bits per heavy atom. The van der Waals surface area contributed by atoms with Gasteiger partial charge < -0.3 is 5.11 Å². The Bertz CT molecular complexity index is 620. The van der Waals surface area contributed by atoms with Gasteiger partial charge in [0.25, 0.3) is 0 Å². The van der Waals surface area contributed by atoms with E-state index in [-0.39, 0.29) is 5.92 Å². The van der Waals surface area contributed by atoms with Crippen molar-refractivity contribution in [3.63, 3.8) is 0 Å². The van der Waals surface area contributed by atoms with Crippen molar-refractivity contribution in [2.45, 2.75) is 12.8 Å². The van der Waals surface area contributed by atoms with Crippen LogP contribution in [0, 0.1) is 5.92 Å². The van der Waals surface area contributed by atoms with Gasteiger partial charge in [0, 0.05) is 17.4 Å². The second-order valence-electron chi connectivity index (χ2n) is 5.50. The number of rotatable bonds is 5. The number of fused-ring (bicyclic) bond motifs is 3. The number of hydrogen-bond acceptors (Lipinski definition) is 2. The summed E-state index contributed by atoms with van der Waals surface area (Å²) in [5.41, 5.74) is 5.39. The summed E-state index contributed by atoms with van der Waals surface area (Å²) in [7, 11) is 0. The van der Waals surface area contributed by atoms with Crippen molar-refractivity contribution >= 4 is 17.7 Å². The van der Waals surface area contributed by atoms with Crippen LogP contribution in [-0.2, 0) is 4.79 Å². The number of carbonyl (C=O) groups is 1. The fourth-order valence-electron chi connectivity index (χ4n) is 2.87. The molecule has 2 aromatic carbocycles. The van der Waals surface area contributed by atoms with Crippen LogP contribution in [-0.4, -0.2) is 22.6 Å². The van der Waals surface area contributed by atoms with Crippen molar-refractivity contribution < 1.29 is 9.90 Å². The first-order chi connectivity index (χ1) is 10.2. The molecule has 0 bridgehead atoms. The fourth-order valence-corrected chi connectivity index (χ4v) is 4.10. The lowest BCUT2D eigenvalue weighted by molar-refractivity contribution is -0.140. The third-order valence-electron chi connectivity index (χ3n) is 4.04. The summed E-state index contributed by atoms with van der Waals surface area (Å²) in [5.74, 6) is 0.974. The van der Waals surface area contributed by atoms with Crippen LogP contribution < -0.4 is 0 Å². The van der Waals surface area contributed by atoms with Crippen molar-refractivity contribution in [3.05, 3.63) is 59.7 Å². The van der Waals surface area contributed by atoms with E-state index >= 15 is 0 Å². The highest BCUT2D eigenvalue weighted by molar-refractivity contribution is 7.99. The van der Waals surface area contributed by atoms with E-state index in [4.69, 9.17) is 5.11 Å². The van der Waals surface area contributed by atoms with Gasteiger partial charge in [-0.05, 0) is 22.3 Å². The van der Waals surface area contributed by atoms with Crippen LogP contribution >= 0.6 is 11.8 Å². The van der Waals surface area contributed by atoms with Crippen LogP contribution in [0.25, 0.3) is 11.1 Å². The molecule has 2 nitrogen and oxygen atoms in total. The van der Waals surface area contributed by atoms with Crippen LogP contribution in [0.4, 0.5) is 0 Å². The lowest BCUT2D eigenvalue weighted by atomic mass is 9.99. The summed E-state index contributed by atoms with van der Waals surface area (Å²) in [5, 5.41) is 8.98. The molecule has 3 heteroatoms. The van der Waals surface area contributed by atoms with E-state index in [1.807, 2.05) is 0 Å². The summed E-state index contributed by atoms with van der Waals surface area (Å²) < 4.78 is 0. The highest BCUT2D eigenvalue weighted by Crippen LogP contribution is 2.45. The molecule has 2 aromatic rings. The van der Waals surface area contributed by atoms with Crippen LogP contribution in [0.3, 0.4) is 0 Å². The molecule has 0 saturated carbocycles. The quantitative estimate of drug-likeness (QED) is 0.896. The number of benzene rings is 2. The Hall–Kier alpha value is -1.74. The summed E-state index contributed by atoms with van der Waals surface area (Å²) in [6, 6.07) is 17.1. The minimum absolute atomic E-state index is 0.290. The molecule has 108 valence electrons. The first-order valence-electron chi connectivity index (χ1n) is 7.17. The van der Waals surface area contributed by atoms with Crippen LogP contribution in [0.1, 0.15) is 24.0 Å². The summed E-state index contributed by atoms with van der Waals surface area (Å²) >= 11 is 1.73. The summed E-state index contributed by atoms with van der Waals surface area (Å²) in [6.07, 6.45) is 0. The molecular weight excluding hydrogens is 280 g/mol. The predicted octanol–water partition coefficient (Wildman–Crippen LogP) is 4.25. The first kappa shape index (κ1) is 14.2. The van der Waals surface area contributed by atoms with E-state index < -0.39 is 5.97 Å². The molecule has 0 amide bonds. The average molecular weight is 298 g/mol. The van der Waals surface area contributed by atoms with Crippen molar-refractivity contribution in [1.82, 2.24) is 0 Å². The summed E-state index contributed by atoms with van der Waals surface area (Å²) in [4.78, 5) is 10.9. The molecule has 1 N–H and O–H groups in total. The predicted molar refractivity (Wildman–Crippen MR) is 87.8 cm³/mol. The molecule has 21 heavy (non-hydrogen) atoms. The average Bonchev–Trinajstić information content (AvgIpc) is 2.82. The zero-order chi connectivity index (χ0) is 14.8. The number of aliphatic carboxylic acids is 1. The number of carboxylic acids is 1. The zero-order valence-corrected chi connectivity index (χ0v) is 12.8. The molecule has 0 fully saturated rings. The number of carboxylic acid groups (broad SMARTS) is 1. The monoisotopic (exact) mass is 298 g/mol. The molecule has 0 unspecified atom stereocenters. The van der Waals surface area contributed by atoms with Crippen LogP contribution in [0.2, 0.25) is 0 Å². The third-order valence-corrected chi connectivity index (χ3v) is 5.34. The van der Waals surface area contributed by atoms with Gasteiger partial charge in [-0.15, -0.1) is 0 Å². The maximum atomic E-state index is 10.9. The van der Waals surface area contributed by atoms with E-state index in [9.17, 15) is 4.79 Å². The van der Waals surface area contributed by atoms with Gasteiger partial charge in [-0.3, -0.25) is 4.79 Å². The van der Waals surface area contributed by atoms with Gasteiger partial charge in [-0.25, -0.2) is 0 Å². The lowest BCUT2D eigenvalue weighted by Gasteiger charge is -2.14. The molecule has 0 saturated heterocycles. The van der Waals surface area contributed by atoms with Crippen molar-refractivity contribution in [2.24, 2.45) is 5.92 Å². The molecule has 1 atom stereocenters. The van der Waals surface area contributed by atoms with Crippen molar-refractivity contribution in [1.29, 1.82) is 0 Å². The molecule has 0 radical (unpaired) electrons. The Morgan fingerprint density at radius 2 is 1.62 bits per heavy atom. The summed E-state index contributed by atoms with van der Waals surface area (Å²) in [6.45, 7) is 1.77. The van der Waals surface area contributed by atoms with Crippen molar-refractivity contribution in [3.8, 4) is 11.1 Å². The topological polar surface area (TPSA) is 37.3 Å². The normalized spacial score (nSPS) is 14.5. The number of thioether (sulfide) groups is 1. The van der Waals surface area contributed by atoms with Gasteiger partial charge in [0.1, 0.15) is 0 Å². The van der Waals surface area contributed by atoms with Gasteiger partial charge in [-0.1, -0.05) is 55.5 Å². The Kier molecular flexibility index (Phi) is 4.02. The largest absolute Gasteiger partial charge is 0.481 e. The maximum Gasteiger partial charge on any atom is 0.307 e. The Balaban J connectivity index is 1.81. The molecule has 0 heterocycles. The highest BCUT2D eigenvalue weighted by atomic mass is 32.2. The lowest BCUT2D eigenvalue weighted by Crippen LogP contribution is -2.13. The van der Waals surface area contributed by atoms with Crippen LogP contribution in [0.15, 0.2) is 48.5 Å². The van der Waals surface area contributed by atoms with E-state index in [0.717, 1.165) is 5.75 Å². The standard InChI is InChI=1S/C18H18O2S/c1-12(18(19)20)10-21-11-17-15-8-4-2-6-13(15)14-7-3-5-9-16(14)17/h2-9,12,17H,10-11H2,1H3,(H,19,20)/t12-/m1/s1. The van der Waals surface area contributed by atoms with Gasteiger partial charge in [0.15, 0.2) is 0 Å². The number of hydrogen-bond donors (Lipinski definition) is 1. The molecule has 3 rings (SSSR count). The molecule has 0 spiro atoms. The SMILES string of the molecule is C[C@H](CSCC1c2ccccc2-c2ccccc21)C(=O)O. The Labute approximate surface area is 129 Å². The molecule has 0 aromatic heterocycles. The highest BCUT2D eigenvalue weighted by Gasteiger charge is 2.27. The van der Waals surface area contributed by atoms with E-state index in [1.165, 1.54) is 22.3 Å². The van der Waals surface area contributed by atoms with Crippen molar-refractivity contribution in [2.75, 3.05) is 11.5 Å². The maximum absolute atomic E-state index is 10.9. The fraction of sp³-hybridized carbons (Fsp3) is 0.278. The van der Waals surface area contributed by atoms with E-state index in [0.29, 0.717) is 11.7 Å². The molecular formula is C18H18O2S. The van der Waals surface area contributed by atoms with E-state index in [1.54, 1.807) is 18.7 Å². The van der Waals surface area contributed by atoms with Gasteiger partial charge in [0.2, 0.25) is 0 Å². The molecule has 0 aliphatic heterocycles. The van der Waals surface area contributed by atoms with Gasteiger partial charge in [0.05, 0.1) is 5.92 Å².